The number of piperazine rings is 1. The number of para-hydroxylation sites is 1. The molecule has 3 aromatic carbocycles. The lowest BCUT2D eigenvalue weighted by molar-refractivity contribution is 0.248. The molecular weight excluding hydrogens is 444 g/mol. The quantitative estimate of drug-likeness (QED) is 0.385. The number of rotatable bonds is 4. The Kier molecular flexibility index (Phi) is 5.65. The van der Waals surface area contributed by atoms with Crippen LogP contribution >= 0.6 is 11.6 Å². The molecule has 0 amide bonds. The minimum atomic E-state index is 0.444. The summed E-state index contributed by atoms with van der Waals surface area (Å²) in [7, 11) is 0. The molecule has 1 saturated heterocycles. The molecule has 0 spiro atoms. The Hall–Kier alpha value is -3.41. The lowest BCUT2D eigenvalue weighted by Gasteiger charge is -2.35. The van der Waals surface area contributed by atoms with E-state index in [9.17, 15) is 0 Å². The Balaban J connectivity index is 1.34. The molecule has 5 nitrogen and oxygen atoms in total. The van der Waals surface area contributed by atoms with Crippen molar-refractivity contribution in [1.82, 2.24) is 14.9 Å². The van der Waals surface area contributed by atoms with Gasteiger partial charge in [-0.15, -0.1) is 0 Å². The smallest absolute Gasteiger partial charge is 0.226 e. The van der Waals surface area contributed by atoms with Crippen molar-refractivity contribution in [3.05, 3.63) is 95.0 Å². The minimum Gasteiger partial charge on any atom is -0.488 e. The molecular formula is C28H25ClN4O. The van der Waals surface area contributed by atoms with Crippen LogP contribution in [0.5, 0.6) is 5.75 Å². The van der Waals surface area contributed by atoms with Crippen molar-refractivity contribution < 1.29 is 4.74 Å². The van der Waals surface area contributed by atoms with E-state index in [1.165, 1.54) is 5.56 Å². The van der Waals surface area contributed by atoms with Crippen molar-refractivity contribution >= 4 is 17.5 Å². The Morgan fingerprint density at radius 3 is 2.38 bits per heavy atom. The number of ether oxygens (including phenoxy) is 1. The SMILES string of the molecule is Clc1cccc(-c2nc(N3CCN(Cc4ccccc4)CC3)nc3c2COc2ccccc2-3)c1. The summed E-state index contributed by atoms with van der Waals surface area (Å²) in [6, 6.07) is 26.6. The summed E-state index contributed by atoms with van der Waals surface area (Å²) in [5.41, 5.74) is 6.20. The zero-order valence-electron chi connectivity index (χ0n) is 18.8. The van der Waals surface area contributed by atoms with Crippen LogP contribution in [0, 0.1) is 0 Å². The second-order valence-corrected chi connectivity index (χ2v) is 9.18. The van der Waals surface area contributed by atoms with Crippen LogP contribution in [0.4, 0.5) is 5.95 Å². The average Bonchev–Trinajstić information content (AvgIpc) is 2.89. The first-order valence-corrected chi connectivity index (χ1v) is 12.0. The third-order valence-electron chi connectivity index (χ3n) is 6.51. The molecule has 170 valence electrons. The Bertz CT molecular complexity index is 1320. The van der Waals surface area contributed by atoms with Crippen molar-refractivity contribution in [1.29, 1.82) is 0 Å². The van der Waals surface area contributed by atoms with E-state index in [0.717, 1.165) is 72.5 Å². The van der Waals surface area contributed by atoms with Crippen molar-refractivity contribution in [2.24, 2.45) is 0 Å². The summed E-state index contributed by atoms with van der Waals surface area (Å²) in [5.74, 6) is 1.63. The van der Waals surface area contributed by atoms with Crippen LogP contribution in [-0.2, 0) is 13.2 Å². The molecule has 2 aliphatic rings. The molecule has 2 aliphatic heterocycles. The normalized spacial score (nSPS) is 15.4. The van der Waals surface area contributed by atoms with Crippen molar-refractivity contribution in [2.75, 3.05) is 31.1 Å². The van der Waals surface area contributed by atoms with Gasteiger partial charge in [0.1, 0.15) is 12.4 Å². The molecule has 3 heterocycles. The van der Waals surface area contributed by atoms with Gasteiger partial charge in [-0.2, -0.15) is 0 Å². The number of anilines is 1. The fourth-order valence-corrected chi connectivity index (χ4v) is 4.92. The maximum absolute atomic E-state index is 6.34. The second-order valence-electron chi connectivity index (χ2n) is 8.74. The van der Waals surface area contributed by atoms with Gasteiger partial charge in [0, 0.05) is 54.4 Å². The van der Waals surface area contributed by atoms with Gasteiger partial charge in [0.05, 0.1) is 11.4 Å². The van der Waals surface area contributed by atoms with Gasteiger partial charge in [-0.05, 0) is 29.8 Å². The summed E-state index contributed by atoms with van der Waals surface area (Å²) in [4.78, 5) is 14.9. The maximum Gasteiger partial charge on any atom is 0.226 e. The Labute approximate surface area is 204 Å². The van der Waals surface area contributed by atoms with Gasteiger partial charge < -0.3 is 9.64 Å². The number of nitrogens with zero attached hydrogens (tertiary/aromatic N) is 4. The van der Waals surface area contributed by atoms with Gasteiger partial charge in [0.2, 0.25) is 5.95 Å². The van der Waals surface area contributed by atoms with Crippen LogP contribution in [0.2, 0.25) is 5.02 Å². The van der Waals surface area contributed by atoms with Crippen LogP contribution in [0.1, 0.15) is 11.1 Å². The number of fused-ring (bicyclic) bond motifs is 3. The molecule has 0 atom stereocenters. The first-order chi connectivity index (χ1) is 16.7. The molecule has 1 fully saturated rings. The van der Waals surface area contributed by atoms with E-state index in [4.69, 9.17) is 26.3 Å². The van der Waals surface area contributed by atoms with Crippen molar-refractivity contribution in [2.45, 2.75) is 13.2 Å². The first-order valence-electron chi connectivity index (χ1n) is 11.6. The summed E-state index contributed by atoms with van der Waals surface area (Å²) >= 11 is 6.34. The summed E-state index contributed by atoms with van der Waals surface area (Å²) in [5, 5.41) is 0.693. The topological polar surface area (TPSA) is 41.5 Å². The standard InChI is InChI=1S/C28H25ClN4O/c29-22-10-6-9-21(17-22)26-24-19-34-25-12-5-4-11-23(25)27(24)31-28(30-26)33-15-13-32(14-16-33)18-20-7-2-1-3-8-20/h1-12,17H,13-16,18-19H2. The highest BCUT2D eigenvalue weighted by Gasteiger charge is 2.27. The molecule has 0 aliphatic carbocycles. The predicted octanol–water partition coefficient (Wildman–Crippen LogP) is 5.68. The van der Waals surface area contributed by atoms with Crippen LogP contribution < -0.4 is 9.64 Å². The predicted molar refractivity (Wildman–Crippen MR) is 136 cm³/mol. The minimum absolute atomic E-state index is 0.444. The second kappa shape index (κ2) is 9.09. The highest BCUT2D eigenvalue weighted by atomic mass is 35.5. The highest BCUT2D eigenvalue weighted by Crippen LogP contribution is 2.40. The summed E-state index contributed by atoms with van der Waals surface area (Å²) < 4.78 is 6.07. The Morgan fingerprint density at radius 2 is 1.56 bits per heavy atom. The molecule has 0 radical (unpaired) electrons. The van der Waals surface area contributed by atoms with Crippen LogP contribution in [0.3, 0.4) is 0 Å². The number of halogens is 1. The fraction of sp³-hybridized carbons (Fsp3) is 0.214. The molecule has 6 heteroatoms. The number of aromatic nitrogens is 2. The molecule has 34 heavy (non-hydrogen) atoms. The van der Waals surface area contributed by atoms with Gasteiger partial charge in [-0.3, -0.25) is 4.90 Å². The summed E-state index contributed by atoms with van der Waals surface area (Å²) in [6.07, 6.45) is 0. The van der Waals surface area contributed by atoms with Crippen molar-refractivity contribution in [3.8, 4) is 28.3 Å². The van der Waals surface area contributed by atoms with E-state index in [2.05, 4.69) is 52.3 Å². The molecule has 4 aromatic rings. The Morgan fingerprint density at radius 1 is 0.794 bits per heavy atom. The number of benzene rings is 3. The van der Waals surface area contributed by atoms with E-state index >= 15 is 0 Å². The largest absolute Gasteiger partial charge is 0.488 e. The molecule has 6 rings (SSSR count). The van der Waals surface area contributed by atoms with Gasteiger partial charge in [0.15, 0.2) is 0 Å². The fourth-order valence-electron chi connectivity index (χ4n) is 4.73. The number of hydrogen-bond acceptors (Lipinski definition) is 5. The zero-order chi connectivity index (χ0) is 22.9. The van der Waals surface area contributed by atoms with E-state index in [1.807, 2.05) is 36.4 Å². The lowest BCUT2D eigenvalue weighted by atomic mass is 9.98. The monoisotopic (exact) mass is 468 g/mol. The average molecular weight is 469 g/mol. The molecule has 1 aromatic heterocycles. The third kappa shape index (κ3) is 4.13. The van der Waals surface area contributed by atoms with Gasteiger partial charge in [-0.25, -0.2) is 9.97 Å². The van der Waals surface area contributed by atoms with E-state index in [0.29, 0.717) is 11.6 Å². The summed E-state index contributed by atoms with van der Waals surface area (Å²) in [6.45, 7) is 5.14. The number of hydrogen-bond donors (Lipinski definition) is 0. The molecule has 0 unspecified atom stereocenters. The van der Waals surface area contributed by atoms with Crippen LogP contribution in [-0.4, -0.2) is 41.0 Å². The van der Waals surface area contributed by atoms with Gasteiger partial charge in [-0.1, -0.05) is 66.2 Å². The van der Waals surface area contributed by atoms with Crippen LogP contribution in [0.25, 0.3) is 22.5 Å². The zero-order valence-corrected chi connectivity index (χ0v) is 19.6. The van der Waals surface area contributed by atoms with Gasteiger partial charge in [0.25, 0.3) is 0 Å². The van der Waals surface area contributed by atoms with Crippen LogP contribution in [0.15, 0.2) is 78.9 Å². The van der Waals surface area contributed by atoms with E-state index in [1.54, 1.807) is 0 Å². The van der Waals surface area contributed by atoms with Gasteiger partial charge >= 0.3 is 0 Å². The molecule has 0 saturated carbocycles. The maximum atomic E-state index is 6.34. The van der Waals surface area contributed by atoms with E-state index < -0.39 is 0 Å². The van der Waals surface area contributed by atoms with E-state index in [-0.39, 0.29) is 0 Å². The third-order valence-corrected chi connectivity index (χ3v) is 6.75. The first kappa shape index (κ1) is 21.1. The highest BCUT2D eigenvalue weighted by molar-refractivity contribution is 6.30. The van der Waals surface area contributed by atoms with Crippen molar-refractivity contribution in [3.63, 3.8) is 0 Å². The molecule has 0 bridgehead atoms. The molecule has 0 N–H and O–H groups in total. The lowest BCUT2D eigenvalue weighted by Crippen LogP contribution is -2.46.